The second-order valence-electron chi connectivity index (χ2n) is 20.1. The van der Waals surface area contributed by atoms with E-state index >= 15 is 0 Å². The monoisotopic (exact) mass is 1170 g/mol. The summed E-state index contributed by atoms with van der Waals surface area (Å²) < 4.78 is 5.06. The zero-order valence-electron chi connectivity index (χ0n) is 49.8. The van der Waals surface area contributed by atoms with Crippen LogP contribution in [-0.4, -0.2) is 191 Å². The zero-order chi connectivity index (χ0) is 63.3. The molecule has 10 amide bonds. The largest absolute Gasteiger partial charge is 0.481 e. The molecule has 4 aliphatic rings. The van der Waals surface area contributed by atoms with Gasteiger partial charge >= 0.3 is 23.9 Å². The number of amides is 10. The summed E-state index contributed by atoms with van der Waals surface area (Å²) in [5, 5.41) is 38.5. The van der Waals surface area contributed by atoms with Gasteiger partial charge in [0.05, 0.1) is 25.7 Å². The van der Waals surface area contributed by atoms with Gasteiger partial charge in [0.2, 0.25) is 47.3 Å². The number of ether oxygens (including phenoxy) is 1. The fourth-order valence-corrected chi connectivity index (χ4v) is 8.53. The number of benzene rings is 1. The number of nitrogens with two attached hydrogens (primary N) is 2. The van der Waals surface area contributed by atoms with Crippen LogP contribution in [0.2, 0.25) is 0 Å². The summed E-state index contributed by atoms with van der Waals surface area (Å²) in [6, 6.07) is 7.23. The molecule has 1 aliphatic carbocycles. The fraction of sp³-hybridized carbons (Fsp3) is 0.667. The first-order valence-corrected chi connectivity index (χ1v) is 27.0. The highest BCUT2D eigenvalue weighted by Gasteiger charge is 2.55. The SMILES string of the molecule is CC(=O)N1CCCC1C(N)=O.CC(=O)N1CCOCC1.CC(=O)NC(C)C(=O)O.CC(=O)NC(CCCCN)C(=O)O.CC(=O)NOCc1ccccc1.CNC(=O)C1CCCN1C(C)=O.CNC(=O)NC1(C)CCC(C(=O)O)C1(C)C. The van der Waals surface area contributed by atoms with Crippen LogP contribution >= 0.6 is 0 Å². The maximum atomic E-state index is 11.4. The van der Waals surface area contributed by atoms with Gasteiger partial charge in [0.25, 0.3) is 0 Å². The number of rotatable bonds is 15. The molecule has 82 heavy (non-hydrogen) atoms. The van der Waals surface area contributed by atoms with Gasteiger partial charge in [-0.15, -0.1) is 0 Å². The number of carboxylic acids is 3. The minimum absolute atomic E-state index is 0.0129. The predicted octanol–water partition coefficient (Wildman–Crippen LogP) is 0.840. The summed E-state index contributed by atoms with van der Waals surface area (Å²) in [4.78, 5) is 139. The number of nitrogens with zero attached hydrogens (tertiary/aromatic N) is 3. The Morgan fingerprint density at radius 2 is 1.22 bits per heavy atom. The van der Waals surface area contributed by atoms with Crippen molar-refractivity contribution in [1.82, 2.24) is 46.8 Å². The number of nitrogens with one attached hydrogen (secondary N) is 6. The second-order valence-corrected chi connectivity index (χ2v) is 20.1. The van der Waals surface area contributed by atoms with Gasteiger partial charge < -0.3 is 72.8 Å². The van der Waals surface area contributed by atoms with Crippen molar-refractivity contribution in [3.63, 3.8) is 0 Å². The number of likely N-dealkylation sites (N-methyl/N-ethyl adjacent to an activating group) is 1. The fourth-order valence-electron chi connectivity index (χ4n) is 8.53. The first-order valence-electron chi connectivity index (χ1n) is 27.0. The van der Waals surface area contributed by atoms with Crippen molar-refractivity contribution in [1.29, 1.82) is 0 Å². The molecule has 0 bridgehead atoms. The van der Waals surface area contributed by atoms with Crippen LogP contribution in [0.15, 0.2) is 30.3 Å². The van der Waals surface area contributed by atoms with Gasteiger partial charge in [-0.25, -0.2) is 15.1 Å². The summed E-state index contributed by atoms with van der Waals surface area (Å²) >= 11 is 0. The lowest BCUT2D eigenvalue weighted by Gasteiger charge is -2.40. The van der Waals surface area contributed by atoms with E-state index in [4.69, 9.17) is 36.4 Å². The zero-order valence-corrected chi connectivity index (χ0v) is 49.8. The van der Waals surface area contributed by atoms with E-state index in [0.717, 1.165) is 50.8 Å². The highest BCUT2D eigenvalue weighted by Crippen LogP contribution is 2.50. The molecule has 3 aliphatic heterocycles. The molecule has 1 aromatic carbocycles. The molecule has 0 radical (unpaired) electrons. The number of urea groups is 1. The molecule has 3 saturated heterocycles. The number of carbonyl (C=O) groups excluding carboxylic acids is 9. The number of hydroxylamine groups is 1. The molecule has 28 nitrogen and oxygen atoms in total. The Hall–Kier alpha value is -7.46. The molecular formula is C54H93N11O17. The van der Waals surface area contributed by atoms with E-state index in [0.29, 0.717) is 65.1 Å². The lowest BCUT2D eigenvalue weighted by molar-refractivity contribution is -0.146. The number of likely N-dealkylation sites (tertiary alicyclic amines) is 2. The molecule has 4 fully saturated rings. The van der Waals surface area contributed by atoms with Gasteiger partial charge in [-0.05, 0) is 83.7 Å². The Balaban J connectivity index is 0. The van der Waals surface area contributed by atoms with Crippen molar-refractivity contribution < 1.29 is 82.4 Å². The molecule has 6 unspecified atom stereocenters. The Bertz CT molecular complexity index is 2200. The molecule has 13 N–H and O–H groups in total. The highest BCUT2D eigenvalue weighted by atomic mass is 16.6. The van der Waals surface area contributed by atoms with Crippen LogP contribution in [0.25, 0.3) is 0 Å². The first kappa shape index (κ1) is 76.6. The van der Waals surface area contributed by atoms with Crippen molar-refractivity contribution >= 4 is 71.2 Å². The van der Waals surface area contributed by atoms with Crippen molar-refractivity contribution in [3.05, 3.63) is 35.9 Å². The van der Waals surface area contributed by atoms with Crippen LogP contribution in [0.4, 0.5) is 4.79 Å². The maximum Gasteiger partial charge on any atom is 0.326 e. The van der Waals surface area contributed by atoms with E-state index in [1.807, 2.05) is 51.1 Å². The molecule has 1 saturated carbocycles. The molecule has 0 aromatic heterocycles. The van der Waals surface area contributed by atoms with E-state index in [2.05, 4.69) is 32.1 Å². The normalized spacial score (nSPS) is 19.6. The third-order valence-electron chi connectivity index (χ3n) is 13.5. The summed E-state index contributed by atoms with van der Waals surface area (Å²) in [5.74, 6) is -4.42. The van der Waals surface area contributed by atoms with E-state index in [1.54, 1.807) is 30.8 Å². The molecule has 6 atom stereocenters. The van der Waals surface area contributed by atoms with E-state index < -0.39 is 52.8 Å². The van der Waals surface area contributed by atoms with Crippen LogP contribution in [0, 0.1) is 11.3 Å². The van der Waals surface area contributed by atoms with Gasteiger partial charge in [-0.3, -0.25) is 52.8 Å². The van der Waals surface area contributed by atoms with Crippen LogP contribution in [0.5, 0.6) is 0 Å². The summed E-state index contributed by atoms with van der Waals surface area (Å²) in [5.41, 5.74) is 12.7. The Labute approximate surface area is 481 Å². The van der Waals surface area contributed by atoms with Crippen LogP contribution < -0.4 is 43.5 Å². The number of hydrogen-bond donors (Lipinski definition) is 11. The Kier molecular flexibility index (Phi) is 38.0. The minimum atomic E-state index is -1.02. The van der Waals surface area contributed by atoms with Gasteiger partial charge in [0.1, 0.15) is 24.2 Å². The van der Waals surface area contributed by atoms with E-state index in [9.17, 15) is 57.5 Å². The van der Waals surface area contributed by atoms with Crippen LogP contribution in [-0.2, 0) is 68.9 Å². The molecular weight excluding hydrogens is 1070 g/mol. The van der Waals surface area contributed by atoms with Gasteiger partial charge in [0, 0.05) is 92.8 Å². The van der Waals surface area contributed by atoms with Gasteiger partial charge in [0.15, 0.2) is 0 Å². The number of primary amides is 1. The third kappa shape index (κ3) is 30.9. The lowest BCUT2D eigenvalue weighted by Crippen LogP contribution is -2.57. The average Bonchev–Trinajstić information content (AvgIpc) is 4.38. The molecule has 466 valence electrons. The first-order chi connectivity index (χ1) is 38.2. The predicted molar refractivity (Wildman–Crippen MR) is 301 cm³/mol. The van der Waals surface area contributed by atoms with Gasteiger partial charge in [-0.1, -0.05) is 44.2 Å². The van der Waals surface area contributed by atoms with Crippen molar-refractivity contribution in [2.75, 3.05) is 60.0 Å². The summed E-state index contributed by atoms with van der Waals surface area (Å²) in [6.45, 7) is 20.9. The number of morpholine rings is 1. The molecule has 28 heteroatoms. The standard InChI is InChI=1S/C11H20N2O3.C9H11NO2.C8H16N2O3.C8H14N2O2.C7H12N2O2.C6H11NO2.C5H9NO3/c1-10(2)7(8(14)15)5-6-11(10,3)13-9(16)12-4;1-8(11)10-12-7-9-5-3-2-4-6-9;1-6(11)10-7(8(12)13)4-2-3-5-9;1-6(11)10-5-3-4-7(10)8(12)9-2;1-5(10)9-4-2-3-6(9)7(8)11;1-6(8)7-2-4-9-5-3-7;1-3(5(8)9)6-4(2)7/h7H,5-6H2,1-4H3,(H,14,15)(H2,12,13,16);2-6H,7H2,1H3,(H,10,11);7H,2-5,9H2,1H3,(H,10,11)(H,12,13);7H,3-5H2,1-2H3,(H,9,12);6H,2-4H2,1H3,(H2,8,11);2-5H2,1H3;3H,1-2H3,(H,6,7)(H,8,9). The Morgan fingerprint density at radius 3 is 1.59 bits per heavy atom. The maximum absolute atomic E-state index is 11.4. The average molecular weight is 1170 g/mol. The number of aliphatic carboxylic acids is 3. The third-order valence-corrected chi connectivity index (χ3v) is 13.5. The minimum Gasteiger partial charge on any atom is -0.481 e. The lowest BCUT2D eigenvalue weighted by atomic mass is 9.71. The molecule has 0 spiro atoms. The van der Waals surface area contributed by atoms with Gasteiger partial charge in [-0.2, -0.15) is 0 Å². The number of hydrogen-bond acceptors (Lipinski definition) is 15. The van der Waals surface area contributed by atoms with Crippen LogP contribution in [0.1, 0.15) is 133 Å². The van der Waals surface area contributed by atoms with Crippen molar-refractivity contribution in [2.24, 2.45) is 22.8 Å². The number of carboxylic acid groups (broad SMARTS) is 3. The highest BCUT2D eigenvalue weighted by molar-refractivity contribution is 5.88. The molecule has 3 heterocycles. The quantitative estimate of drug-likeness (QED) is 0.0856. The summed E-state index contributed by atoms with van der Waals surface area (Å²) in [7, 11) is 3.15. The second kappa shape index (κ2) is 40.7. The van der Waals surface area contributed by atoms with E-state index in [-0.39, 0.29) is 59.5 Å². The number of unbranched alkanes of at least 4 members (excludes halogenated alkanes) is 1. The topological polar surface area (TPSA) is 418 Å². The van der Waals surface area contributed by atoms with Crippen LogP contribution in [0.3, 0.4) is 0 Å². The molecule has 5 rings (SSSR count). The number of carbonyl (C=O) groups is 12. The molecule has 1 aromatic rings. The smallest absolute Gasteiger partial charge is 0.326 e. The Morgan fingerprint density at radius 1 is 0.695 bits per heavy atom. The van der Waals surface area contributed by atoms with E-state index in [1.165, 1.54) is 46.4 Å². The van der Waals surface area contributed by atoms with Crippen molar-refractivity contribution in [3.8, 4) is 0 Å². The summed E-state index contributed by atoms with van der Waals surface area (Å²) in [6.07, 6.45) is 6.54. The van der Waals surface area contributed by atoms with Crippen molar-refractivity contribution in [2.45, 2.75) is 163 Å².